The highest BCUT2D eigenvalue weighted by molar-refractivity contribution is 5.83. The molecule has 136 valence electrons. The molecule has 0 spiro atoms. The zero-order valence-corrected chi connectivity index (χ0v) is 16.0. The summed E-state index contributed by atoms with van der Waals surface area (Å²) in [6.07, 6.45) is 10.2. The quantitative estimate of drug-likeness (QED) is 0.830. The molecule has 1 saturated heterocycles. The molecule has 3 nitrogen and oxygen atoms in total. The molecule has 1 N–H and O–H groups in total. The van der Waals surface area contributed by atoms with E-state index in [1.54, 1.807) is 0 Å². The van der Waals surface area contributed by atoms with Gasteiger partial charge < -0.3 is 10.2 Å². The molecule has 24 heavy (non-hydrogen) atoms. The lowest BCUT2D eigenvalue weighted by atomic mass is 9.40. The Kier molecular flexibility index (Phi) is 4.02. The summed E-state index contributed by atoms with van der Waals surface area (Å²) in [4.78, 5) is 15.8. The topological polar surface area (TPSA) is 32.3 Å². The SMILES string of the molecule is CC(CNC(=O)C12CC3CC(C)(CC(C)(C3)C1)C2)CN1CCCC1. The maximum atomic E-state index is 13.2. The van der Waals surface area contributed by atoms with Gasteiger partial charge in [-0.2, -0.15) is 0 Å². The molecule has 3 atom stereocenters. The molecule has 4 saturated carbocycles. The van der Waals surface area contributed by atoms with Crippen molar-refractivity contribution in [3.05, 3.63) is 0 Å². The van der Waals surface area contributed by atoms with Crippen molar-refractivity contribution in [3.8, 4) is 0 Å². The Hall–Kier alpha value is -0.570. The number of hydrogen-bond acceptors (Lipinski definition) is 2. The standard InChI is InChI=1S/C21H36N2O/c1-16(12-23-6-4-5-7-23)11-22-18(24)21-10-17-8-19(2,14-21)13-20(3,9-17)15-21/h16-17H,4-15H2,1-3H3,(H,22,24). The Bertz CT molecular complexity index is 492. The van der Waals surface area contributed by atoms with Crippen molar-refractivity contribution in [1.82, 2.24) is 10.2 Å². The number of rotatable bonds is 5. The van der Waals surface area contributed by atoms with Crippen molar-refractivity contribution in [2.45, 2.75) is 72.1 Å². The van der Waals surface area contributed by atoms with Crippen LogP contribution in [0, 0.1) is 28.1 Å². The van der Waals surface area contributed by atoms with E-state index in [0.717, 1.165) is 38.3 Å². The van der Waals surface area contributed by atoms with Gasteiger partial charge in [-0.3, -0.25) is 4.79 Å². The van der Waals surface area contributed by atoms with Gasteiger partial charge in [0.1, 0.15) is 0 Å². The summed E-state index contributed by atoms with van der Waals surface area (Å²) < 4.78 is 0. The minimum absolute atomic E-state index is 0.0454. The van der Waals surface area contributed by atoms with E-state index in [2.05, 4.69) is 31.0 Å². The molecule has 0 aromatic rings. The van der Waals surface area contributed by atoms with Crippen LogP contribution in [0.15, 0.2) is 0 Å². The molecular formula is C21H36N2O. The molecule has 4 bridgehead atoms. The van der Waals surface area contributed by atoms with Gasteiger partial charge in [-0.25, -0.2) is 0 Å². The van der Waals surface area contributed by atoms with Crippen molar-refractivity contribution in [3.63, 3.8) is 0 Å². The van der Waals surface area contributed by atoms with Gasteiger partial charge in [0.05, 0.1) is 5.41 Å². The van der Waals surface area contributed by atoms with Crippen molar-refractivity contribution < 1.29 is 4.79 Å². The first-order chi connectivity index (χ1) is 11.3. The van der Waals surface area contributed by atoms with Crippen LogP contribution in [0.5, 0.6) is 0 Å². The highest BCUT2D eigenvalue weighted by Crippen LogP contribution is 2.69. The highest BCUT2D eigenvalue weighted by atomic mass is 16.2. The number of carbonyl (C=O) groups is 1. The van der Waals surface area contributed by atoms with Gasteiger partial charge in [-0.1, -0.05) is 20.8 Å². The number of amides is 1. The van der Waals surface area contributed by atoms with Crippen molar-refractivity contribution >= 4 is 5.91 Å². The number of hydrogen-bond donors (Lipinski definition) is 1. The fourth-order valence-electron chi connectivity index (χ4n) is 7.63. The Morgan fingerprint density at radius 3 is 2.29 bits per heavy atom. The van der Waals surface area contributed by atoms with Crippen LogP contribution in [0.25, 0.3) is 0 Å². The van der Waals surface area contributed by atoms with E-state index in [1.807, 2.05) is 0 Å². The summed E-state index contributed by atoms with van der Waals surface area (Å²) in [6.45, 7) is 11.7. The zero-order chi connectivity index (χ0) is 17.0. The summed E-state index contributed by atoms with van der Waals surface area (Å²) in [5.74, 6) is 1.74. The van der Waals surface area contributed by atoms with Gasteiger partial charge in [-0.05, 0) is 87.1 Å². The Labute approximate surface area is 147 Å². The molecule has 1 amide bonds. The third kappa shape index (κ3) is 3.02. The number of likely N-dealkylation sites (tertiary alicyclic amines) is 1. The van der Waals surface area contributed by atoms with Crippen LogP contribution < -0.4 is 5.32 Å². The molecule has 0 radical (unpaired) electrons. The Morgan fingerprint density at radius 1 is 1.08 bits per heavy atom. The lowest BCUT2D eigenvalue weighted by Gasteiger charge is -2.64. The summed E-state index contributed by atoms with van der Waals surface area (Å²) in [7, 11) is 0. The minimum Gasteiger partial charge on any atom is -0.355 e. The largest absolute Gasteiger partial charge is 0.355 e. The van der Waals surface area contributed by atoms with Crippen LogP contribution in [0.2, 0.25) is 0 Å². The maximum Gasteiger partial charge on any atom is 0.226 e. The number of carbonyl (C=O) groups excluding carboxylic acids is 1. The molecule has 5 rings (SSSR count). The molecule has 4 aliphatic carbocycles. The van der Waals surface area contributed by atoms with E-state index < -0.39 is 0 Å². The van der Waals surface area contributed by atoms with Crippen LogP contribution >= 0.6 is 0 Å². The molecule has 0 aromatic carbocycles. The molecule has 3 unspecified atom stereocenters. The molecule has 3 heteroatoms. The van der Waals surface area contributed by atoms with E-state index in [4.69, 9.17) is 0 Å². The van der Waals surface area contributed by atoms with Gasteiger partial charge in [-0.15, -0.1) is 0 Å². The molecule has 1 aliphatic heterocycles. The fourth-order valence-corrected chi connectivity index (χ4v) is 7.63. The summed E-state index contributed by atoms with van der Waals surface area (Å²) in [5.41, 5.74) is 0.801. The summed E-state index contributed by atoms with van der Waals surface area (Å²) in [5, 5.41) is 3.38. The minimum atomic E-state index is -0.0454. The first-order valence-electron chi connectivity index (χ1n) is 10.3. The van der Waals surface area contributed by atoms with Gasteiger partial charge >= 0.3 is 0 Å². The van der Waals surface area contributed by atoms with E-state index >= 15 is 0 Å². The first-order valence-corrected chi connectivity index (χ1v) is 10.3. The van der Waals surface area contributed by atoms with Crippen LogP contribution in [0.3, 0.4) is 0 Å². The predicted octanol–water partition coefficient (Wildman–Crippen LogP) is 3.83. The van der Waals surface area contributed by atoms with E-state index in [1.165, 1.54) is 45.2 Å². The van der Waals surface area contributed by atoms with E-state index in [-0.39, 0.29) is 5.41 Å². The van der Waals surface area contributed by atoms with E-state index in [9.17, 15) is 4.79 Å². The third-order valence-electron chi connectivity index (χ3n) is 7.49. The summed E-state index contributed by atoms with van der Waals surface area (Å²) in [6, 6.07) is 0. The Morgan fingerprint density at radius 2 is 1.71 bits per heavy atom. The molecule has 5 aliphatic rings. The maximum absolute atomic E-state index is 13.2. The third-order valence-corrected chi connectivity index (χ3v) is 7.49. The molecule has 1 heterocycles. The summed E-state index contributed by atoms with van der Waals surface area (Å²) >= 11 is 0. The molecule has 5 fully saturated rings. The first kappa shape index (κ1) is 16.9. The molecule has 0 aromatic heterocycles. The van der Waals surface area contributed by atoms with E-state index in [0.29, 0.717) is 22.7 Å². The van der Waals surface area contributed by atoms with Crippen molar-refractivity contribution in [1.29, 1.82) is 0 Å². The predicted molar refractivity (Wildman–Crippen MR) is 97.7 cm³/mol. The smallest absolute Gasteiger partial charge is 0.226 e. The van der Waals surface area contributed by atoms with Gasteiger partial charge in [0.25, 0.3) is 0 Å². The molecular weight excluding hydrogens is 296 g/mol. The number of nitrogens with zero attached hydrogens (tertiary/aromatic N) is 1. The Balaban J connectivity index is 1.37. The van der Waals surface area contributed by atoms with Crippen LogP contribution in [-0.2, 0) is 4.79 Å². The average Bonchev–Trinajstić information content (AvgIpc) is 2.93. The lowest BCUT2D eigenvalue weighted by Crippen LogP contribution is -2.60. The van der Waals surface area contributed by atoms with Crippen molar-refractivity contribution in [2.24, 2.45) is 28.1 Å². The van der Waals surface area contributed by atoms with Gasteiger partial charge in [0.2, 0.25) is 5.91 Å². The second-order valence-corrected chi connectivity index (χ2v) is 10.7. The second kappa shape index (κ2) is 5.72. The van der Waals surface area contributed by atoms with Crippen molar-refractivity contribution in [2.75, 3.05) is 26.2 Å². The normalized spacial score (nSPS) is 45.5. The lowest BCUT2D eigenvalue weighted by molar-refractivity contribution is -0.170. The van der Waals surface area contributed by atoms with Crippen LogP contribution in [-0.4, -0.2) is 37.0 Å². The second-order valence-electron chi connectivity index (χ2n) is 10.7. The zero-order valence-electron chi connectivity index (χ0n) is 16.0. The highest BCUT2D eigenvalue weighted by Gasteiger charge is 2.62. The van der Waals surface area contributed by atoms with Crippen LogP contribution in [0.4, 0.5) is 0 Å². The number of nitrogens with one attached hydrogen (secondary N) is 1. The van der Waals surface area contributed by atoms with Gasteiger partial charge in [0, 0.05) is 13.1 Å². The fraction of sp³-hybridized carbons (Fsp3) is 0.952. The van der Waals surface area contributed by atoms with Gasteiger partial charge in [0.15, 0.2) is 0 Å². The average molecular weight is 333 g/mol. The monoisotopic (exact) mass is 332 g/mol. The van der Waals surface area contributed by atoms with Crippen LogP contribution in [0.1, 0.15) is 72.1 Å².